The molecule has 0 aliphatic rings. The zero-order chi connectivity index (χ0) is 14.3. The molecular formula is C14H22N2O3. The average Bonchev–Trinajstić information content (AvgIpc) is 2.43. The number of benzene rings is 1. The quantitative estimate of drug-likeness (QED) is 0.830. The molecule has 0 aliphatic carbocycles. The maximum atomic E-state index is 11.5. The first-order valence-electron chi connectivity index (χ1n) is 6.35. The lowest BCUT2D eigenvalue weighted by atomic mass is 10.1. The van der Waals surface area contributed by atoms with Crippen molar-refractivity contribution in [3.05, 3.63) is 23.3 Å². The number of ether oxygens (including phenoxy) is 2. The van der Waals surface area contributed by atoms with Crippen molar-refractivity contribution in [1.82, 2.24) is 10.6 Å². The number of urea groups is 1. The van der Waals surface area contributed by atoms with E-state index in [2.05, 4.69) is 10.6 Å². The molecule has 1 aromatic carbocycles. The third-order valence-corrected chi connectivity index (χ3v) is 2.77. The molecule has 0 atom stereocenters. The first-order chi connectivity index (χ1) is 9.12. The summed E-state index contributed by atoms with van der Waals surface area (Å²) in [5.74, 6) is 1.53. The molecule has 0 bridgehead atoms. The molecule has 1 aromatic rings. The van der Waals surface area contributed by atoms with Crippen molar-refractivity contribution in [2.45, 2.75) is 26.8 Å². The lowest BCUT2D eigenvalue weighted by Gasteiger charge is -2.14. The predicted molar refractivity (Wildman–Crippen MR) is 74.8 cm³/mol. The molecular weight excluding hydrogens is 244 g/mol. The van der Waals surface area contributed by atoms with Crippen LogP contribution in [-0.2, 0) is 6.54 Å². The summed E-state index contributed by atoms with van der Waals surface area (Å²) < 4.78 is 10.6. The summed E-state index contributed by atoms with van der Waals surface area (Å²) in [5.41, 5.74) is 1.88. The van der Waals surface area contributed by atoms with E-state index in [4.69, 9.17) is 9.47 Å². The summed E-state index contributed by atoms with van der Waals surface area (Å²) in [6.45, 7) is 5.02. The standard InChI is InChI=1S/C14H22N2O3/c1-5-6-15-14(17)16-9-11-8-12(18-3)10(2)7-13(11)19-4/h7-8H,5-6,9H2,1-4H3,(H2,15,16,17). The number of aryl methyl sites for hydroxylation is 1. The normalized spacial score (nSPS) is 9.89. The molecule has 19 heavy (non-hydrogen) atoms. The van der Waals surface area contributed by atoms with Crippen LogP contribution in [0.4, 0.5) is 4.79 Å². The van der Waals surface area contributed by atoms with Gasteiger partial charge < -0.3 is 20.1 Å². The Balaban J connectivity index is 2.73. The Morgan fingerprint density at radius 3 is 2.42 bits per heavy atom. The Hall–Kier alpha value is -1.91. The van der Waals surface area contributed by atoms with Crippen LogP contribution in [-0.4, -0.2) is 26.8 Å². The van der Waals surface area contributed by atoms with Gasteiger partial charge in [0.05, 0.1) is 14.2 Å². The first kappa shape index (κ1) is 15.1. The Kier molecular flexibility index (Phi) is 5.99. The van der Waals surface area contributed by atoms with Gasteiger partial charge >= 0.3 is 6.03 Å². The summed E-state index contributed by atoms with van der Waals surface area (Å²) in [6.07, 6.45) is 0.912. The van der Waals surface area contributed by atoms with Gasteiger partial charge in [-0.1, -0.05) is 6.92 Å². The SMILES string of the molecule is CCCNC(=O)NCc1cc(OC)c(C)cc1OC. The van der Waals surface area contributed by atoms with E-state index in [9.17, 15) is 4.79 Å². The molecule has 1 rings (SSSR count). The van der Waals surface area contributed by atoms with Crippen molar-refractivity contribution in [3.8, 4) is 11.5 Å². The number of carbonyl (C=O) groups is 1. The average molecular weight is 266 g/mol. The molecule has 0 saturated heterocycles. The van der Waals surface area contributed by atoms with Crippen LogP contribution in [0.2, 0.25) is 0 Å². The lowest BCUT2D eigenvalue weighted by Crippen LogP contribution is -2.35. The van der Waals surface area contributed by atoms with E-state index in [1.807, 2.05) is 26.0 Å². The lowest BCUT2D eigenvalue weighted by molar-refractivity contribution is 0.240. The second-order valence-electron chi connectivity index (χ2n) is 4.24. The van der Waals surface area contributed by atoms with Crippen LogP contribution in [0, 0.1) is 6.92 Å². The maximum absolute atomic E-state index is 11.5. The predicted octanol–water partition coefficient (Wildman–Crippen LogP) is 2.22. The molecule has 0 heterocycles. The minimum Gasteiger partial charge on any atom is -0.496 e. The second kappa shape index (κ2) is 7.51. The van der Waals surface area contributed by atoms with E-state index < -0.39 is 0 Å². The number of hydrogen-bond donors (Lipinski definition) is 2. The molecule has 2 N–H and O–H groups in total. The van der Waals surface area contributed by atoms with Crippen LogP contribution in [0.1, 0.15) is 24.5 Å². The van der Waals surface area contributed by atoms with Crippen molar-refractivity contribution in [1.29, 1.82) is 0 Å². The molecule has 2 amide bonds. The monoisotopic (exact) mass is 266 g/mol. The van der Waals surface area contributed by atoms with Gasteiger partial charge in [0.15, 0.2) is 0 Å². The highest BCUT2D eigenvalue weighted by molar-refractivity contribution is 5.73. The highest BCUT2D eigenvalue weighted by atomic mass is 16.5. The van der Waals surface area contributed by atoms with Gasteiger partial charge in [-0.3, -0.25) is 0 Å². The van der Waals surface area contributed by atoms with E-state index in [0.717, 1.165) is 29.0 Å². The van der Waals surface area contributed by atoms with Crippen molar-refractivity contribution in [3.63, 3.8) is 0 Å². The smallest absolute Gasteiger partial charge is 0.315 e. The summed E-state index contributed by atoms with van der Waals surface area (Å²) in [5, 5.41) is 5.55. The number of nitrogens with one attached hydrogen (secondary N) is 2. The Morgan fingerprint density at radius 1 is 1.16 bits per heavy atom. The molecule has 5 nitrogen and oxygen atoms in total. The largest absolute Gasteiger partial charge is 0.496 e. The molecule has 0 unspecified atom stereocenters. The summed E-state index contributed by atoms with van der Waals surface area (Å²) in [6, 6.07) is 3.61. The van der Waals surface area contributed by atoms with E-state index >= 15 is 0 Å². The van der Waals surface area contributed by atoms with Gasteiger partial charge in [-0.2, -0.15) is 0 Å². The number of rotatable bonds is 6. The van der Waals surface area contributed by atoms with Crippen molar-refractivity contribution < 1.29 is 14.3 Å². The van der Waals surface area contributed by atoms with Crippen LogP contribution < -0.4 is 20.1 Å². The molecule has 5 heteroatoms. The van der Waals surface area contributed by atoms with E-state index in [1.165, 1.54) is 0 Å². The molecule has 0 radical (unpaired) electrons. The van der Waals surface area contributed by atoms with Crippen LogP contribution in [0.5, 0.6) is 11.5 Å². The van der Waals surface area contributed by atoms with Gasteiger partial charge in [0.25, 0.3) is 0 Å². The second-order valence-corrected chi connectivity index (χ2v) is 4.24. The van der Waals surface area contributed by atoms with Gasteiger partial charge in [-0.05, 0) is 31.0 Å². The third-order valence-electron chi connectivity index (χ3n) is 2.77. The summed E-state index contributed by atoms with van der Waals surface area (Å²) in [7, 11) is 3.24. The number of methoxy groups -OCH3 is 2. The number of carbonyl (C=O) groups excluding carboxylic acids is 1. The molecule has 0 fully saturated rings. The number of amides is 2. The van der Waals surface area contributed by atoms with Gasteiger partial charge in [-0.15, -0.1) is 0 Å². The minimum absolute atomic E-state index is 0.177. The van der Waals surface area contributed by atoms with Crippen molar-refractivity contribution >= 4 is 6.03 Å². The maximum Gasteiger partial charge on any atom is 0.315 e. The van der Waals surface area contributed by atoms with E-state index in [0.29, 0.717) is 13.1 Å². The van der Waals surface area contributed by atoms with Crippen LogP contribution in [0.3, 0.4) is 0 Å². The van der Waals surface area contributed by atoms with Gasteiger partial charge in [-0.25, -0.2) is 4.79 Å². The van der Waals surface area contributed by atoms with Crippen LogP contribution >= 0.6 is 0 Å². The van der Waals surface area contributed by atoms with Crippen molar-refractivity contribution in [2.75, 3.05) is 20.8 Å². The third kappa shape index (κ3) is 4.35. The molecule has 0 aliphatic heterocycles. The van der Waals surface area contributed by atoms with Gasteiger partial charge in [0.1, 0.15) is 11.5 Å². The van der Waals surface area contributed by atoms with Crippen LogP contribution in [0.15, 0.2) is 12.1 Å². The molecule has 0 spiro atoms. The fourth-order valence-corrected chi connectivity index (χ4v) is 1.73. The topological polar surface area (TPSA) is 59.6 Å². The Bertz CT molecular complexity index is 433. The van der Waals surface area contributed by atoms with E-state index in [1.54, 1.807) is 14.2 Å². The zero-order valence-corrected chi connectivity index (χ0v) is 12.0. The van der Waals surface area contributed by atoms with Crippen LogP contribution in [0.25, 0.3) is 0 Å². The van der Waals surface area contributed by atoms with Crippen molar-refractivity contribution in [2.24, 2.45) is 0 Å². The first-order valence-corrected chi connectivity index (χ1v) is 6.35. The summed E-state index contributed by atoms with van der Waals surface area (Å²) in [4.78, 5) is 11.5. The Morgan fingerprint density at radius 2 is 1.84 bits per heavy atom. The Labute approximate surface area is 114 Å². The van der Waals surface area contributed by atoms with E-state index in [-0.39, 0.29) is 6.03 Å². The summed E-state index contributed by atoms with van der Waals surface area (Å²) >= 11 is 0. The zero-order valence-electron chi connectivity index (χ0n) is 12.0. The van der Waals surface area contributed by atoms with Gasteiger partial charge in [0, 0.05) is 18.7 Å². The highest BCUT2D eigenvalue weighted by Crippen LogP contribution is 2.28. The minimum atomic E-state index is -0.177. The molecule has 106 valence electrons. The van der Waals surface area contributed by atoms with Gasteiger partial charge in [0.2, 0.25) is 0 Å². The fourth-order valence-electron chi connectivity index (χ4n) is 1.73. The fraction of sp³-hybridized carbons (Fsp3) is 0.500. The number of hydrogen-bond acceptors (Lipinski definition) is 3. The molecule has 0 saturated carbocycles. The highest BCUT2D eigenvalue weighted by Gasteiger charge is 2.09. The molecule has 0 aromatic heterocycles.